The Bertz CT molecular complexity index is 370. The summed E-state index contributed by atoms with van der Waals surface area (Å²) in [6.07, 6.45) is 0. The average molecular weight is 288 g/mol. The Labute approximate surface area is 117 Å². The molecule has 100 valence electrons. The van der Waals surface area contributed by atoms with Gasteiger partial charge < -0.3 is 10.1 Å². The Morgan fingerprint density at radius 3 is 2.67 bits per heavy atom. The van der Waals surface area contributed by atoms with E-state index in [-0.39, 0.29) is 12.0 Å². The minimum Gasteiger partial charge on any atom is -0.468 e. The van der Waals surface area contributed by atoms with Gasteiger partial charge in [-0.15, -0.1) is 0 Å². The number of carbonyl (C=O) groups is 1. The molecule has 1 aromatic carbocycles. The molecule has 0 saturated carbocycles. The summed E-state index contributed by atoms with van der Waals surface area (Å²) < 4.78 is 4.75. The number of halogens is 1. The van der Waals surface area contributed by atoms with Gasteiger partial charge in [0.25, 0.3) is 0 Å². The molecule has 0 heterocycles. The number of rotatable bonds is 7. The molecule has 3 nitrogen and oxygen atoms in total. The van der Waals surface area contributed by atoms with E-state index in [0.717, 1.165) is 17.3 Å². The Morgan fingerprint density at radius 2 is 2.11 bits per heavy atom. The molecule has 0 aliphatic rings. The maximum absolute atomic E-state index is 11.5. The zero-order valence-electron chi connectivity index (χ0n) is 10.6. The lowest BCUT2D eigenvalue weighted by atomic mass is 10.2. The van der Waals surface area contributed by atoms with Crippen LogP contribution < -0.4 is 5.32 Å². The fraction of sp³-hybridized carbons (Fsp3) is 0.462. The lowest BCUT2D eigenvalue weighted by Gasteiger charge is -2.14. The summed E-state index contributed by atoms with van der Waals surface area (Å²) in [6.45, 7) is 2.72. The van der Waals surface area contributed by atoms with E-state index >= 15 is 0 Å². The molecule has 0 spiro atoms. The molecule has 1 aromatic rings. The van der Waals surface area contributed by atoms with Crippen molar-refractivity contribution < 1.29 is 9.53 Å². The van der Waals surface area contributed by atoms with Gasteiger partial charge in [0.2, 0.25) is 0 Å². The predicted molar refractivity (Wildman–Crippen MR) is 77.1 cm³/mol. The fourth-order valence-corrected chi connectivity index (χ4v) is 2.64. The zero-order chi connectivity index (χ0) is 13.4. The van der Waals surface area contributed by atoms with Gasteiger partial charge in [0.1, 0.15) is 6.04 Å². The summed E-state index contributed by atoms with van der Waals surface area (Å²) in [5, 5.41) is 3.85. The van der Waals surface area contributed by atoms with Crippen molar-refractivity contribution in [3.05, 3.63) is 34.9 Å². The first-order chi connectivity index (χ1) is 8.67. The van der Waals surface area contributed by atoms with E-state index in [0.29, 0.717) is 5.75 Å². The van der Waals surface area contributed by atoms with E-state index < -0.39 is 0 Å². The smallest absolute Gasteiger partial charge is 0.323 e. The second-order valence-corrected chi connectivity index (χ2v) is 5.24. The quantitative estimate of drug-likeness (QED) is 0.783. The maximum Gasteiger partial charge on any atom is 0.323 e. The van der Waals surface area contributed by atoms with Gasteiger partial charge in [-0.1, -0.05) is 30.7 Å². The number of likely N-dealkylation sites (N-methyl/N-ethyl adjacent to an activating group) is 1. The number of hydrogen-bond acceptors (Lipinski definition) is 4. The van der Waals surface area contributed by atoms with Gasteiger partial charge in [-0.25, -0.2) is 0 Å². The van der Waals surface area contributed by atoms with Gasteiger partial charge in [0.05, 0.1) is 7.11 Å². The zero-order valence-corrected chi connectivity index (χ0v) is 12.2. The minimum atomic E-state index is -0.239. The Hall–Kier alpha value is -0.710. The third kappa shape index (κ3) is 5.29. The van der Waals surface area contributed by atoms with Gasteiger partial charge in [-0.3, -0.25) is 4.79 Å². The van der Waals surface area contributed by atoms with Gasteiger partial charge in [0, 0.05) is 16.5 Å². The first-order valence-corrected chi connectivity index (χ1v) is 7.34. The molecule has 18 heavy (non-hydrogen) atoms. The molecule has 5 heteroatoms. The monoisotopic (exact) mass is 287 g/mol. The number of methoxy groups -OCH3 is 1. The SMILES string of the molecule is CCNC(CSCc1ccc(Cl)cc1)C(=O)OC. The molecule has 1 unspecified atom stereocenters. The van der Waals surface area contributed by atoms with Crippen LogP contribution in [0.5, 0.6) is 0 Å². The van der Waals surface area contributed by atoms with Crippen LogP contribution in [0.4, 0.5) is 0 Å². The van der Waals surface area contributed by atoms with Crippen LogP contribution in [0.2, 0.25) is 5.02 Å². The van der Waals surface area contributed by atoms with E-state index in [1.165, 1.54) is 12.7 Å². The summed E-state index contributed by atoms with van der Waals surface area (Å²) in [7, 11) is 1.41. The van der Waals surface area contributed by atoms with Gasteiger partial charge in [-0.2, -0.15) is 11.8 Å². The third-order valence-corrected chi connectivity index (χ3v) is 3.76. The van der Waals surface area contributed by atoms with Crippen molar-refractivity contribution in [1.82, 2.24) is 5.32 Å². The Balaban J connectivity index is 2.38. The summed E-state index contributed by atoms with van der Waals surface area (Å²) in [4.78, 5) is 11.5. The normalized spacial score (nSPS) is 12.2. The molecule has 0 radical (unpaired) electrons. The first kappa shape index (κ1) is 15.3. The van der Waals surface area contributed by atoms with Crippen LogP contribution >= 0.6 is 23.4 Å². The van der Waals surface area contributed by atoms with Crippen molar-refractivity contribution in [2.24, 2.45) is 0 Å². The van der Waals surface area contributed by atoms with E-state index in [2.05, 4.69) is 5.32 Å². The summed E-state index contributed by atoms with van der Waals surface area (Å²) >= 11 is 7.52. The van der Waals surface area contributed by atoms with Crippen molar-refractivity contribution >= 4 is 29.3 Å². The Kier molecular flexibility index (Phi) is 7.16. The highest BCUT2D eigenvalue weighted by atomic mass is 35.5. The maximum atomic E-state index is 11.5. The molecule has 1 N–H and O–H groups in total. The number of hydrogen-bond donors (Lipinski definition) is 1. The number of ether oxygens (including phenoxy) is 1. The molecule has 1 rings (SSSR count). The van der Waals surface area contributed by atoms with Gasteiger partial charge in [0.15, 0.2) is 0 Å². The van der Waals surface area contributed by atoms with Crippen molar-refractivity contribution in [3.63, 3.8) is 0 Å². The molecule has 0 fully saturated rings. The third-order valence-electron chi connectivity index (χ3n) is 2.40. The van der Waals surface area contributed by atoms with E-state index in [9.17, 15) is 4.79 Å². The highest BCUT2D eigenvalue weighted by Gasteiger charge is 2.17. The highest BCUT2D eigenvalue weighted by Crippen LogP contribution is 2.16. The van der Waals surface area contributed by atoms with Gasteiger partial charge >= 0.3 is 5.97 Å². The lowest BCUT2D eigenvalue weighted by Crippen LogP contribution is -2.39. The summed E-state index contributed by atoms with van der Waals surface area (Å²) in [6, 6.07) is 7.50. The number of nitrogens with one attached hydrogen (secondary N) is 1. The molecule has 0 aliphatic carbocycles. The Morgan fingerprint density at radius 1 is 1.44 bits per heavy atom. The van der Waals surface area contributed by atoms with Crippen LogP contribution in [-0.4, -0.2) is 31.4 Å². The van der Waals surface area contributed by atoms with Crippen molar-refractivity contribution in [1.29, 1.82) is 0 Å². The second kappa shape index (κ2) is 8.40. The van der Waals surface area contributed by atoms with E-state index in [1.807, 2.05) is 31.2 Å². The first-order valence-electron chi connectivity index (χ1n) is 5.80. The lowest BCUT2D eigenvalue weighted by molar-refractivity contribution is -0.142. The highest BCUT2D eigenvalue weighted by molar-refractivity contribution is 7.98. The average Bonchev–Trinajstić information content (AvgIpc) is 2.39. The van der Waals surface area contributed by atoms with Crippen LogP contribution in [0.3, 0.4) is 0 Å². The number of carbonyl (C=O) groups excluding carboxylic acids is 1. The van der Waals surface area contributed by atoms with Crippen LogP contribution in [0, 0.1) is 0 Å². The summed E-state index contributed by atoms with van der Waals surface area (Å²) in [5.41, 5.74) is 1.20. The molecule has 0 bridgehead atoms. The van der Waals surface area contributed by atoms with E-state index in [4.69, 9.17) is 16.3 Å². The molecule has 0 aromatic heterocycles. The standard InChI is InChI=1S/C13H18ClNO2S/c1-3-15-12(13(16)17-2)9-18-8-10-4-6-11(14)7-5-10/h4-7,12,15H,3,8-9H2,1-2H3. The van der Waals surface area contributed by atoms with Crippen molar-refractivity contribution in [2.45, 2.75) is 18.7 Å². The second-order valence-electron chi connectivity index (χ2n) is 3.78. The molecule has 0 aliphatic heterocycles. The topological polar surface area (TPSA) is 38.3 Å². The van der Waals surface area contributed by atoms with Crippen LogP contribution in [0.1, 0.15) is 12.5 Å². The van der Waals surface area contributed by atoms with Crippen molar-refractivity contribution in [3.8, 4) is 0 Å². The summed E-state index contributed by atoms with van der Waals surface area (Å²) in [5.74, 6) is 1.35. The molecular formula is C13H18ClNO2S. The fourth-order valence-electron chi connectivity index (χ4n) is 1.47. The molecule has 0 saturated heterocycles. The number of benzene rings is 1. The van der Waals surface area contributed by atoms with E-state index in [1.54, 1.807) is 11.8 Å². The van der Waals surface area contributed by atoms with Crippen LogP contribution in [-0.2, 0) is 15.3 Å². The molecular weight excluding hydrogens is 270 g/mol. The minimum absolute atomic E-state index is 0.208. The number of esters is 1. The molecule has 1 atom stereocenters. The predicted octanol–water partition coefficient (Wildman–Crippen LogP) is 2.72. The number of thioether (sulfide) groups is 1. The van der Waals surface area contributed by atoms with Crippen molar-refractivity contribution in [2.75, 3.05) is 19.4 Å². The largest absolute Gasteiger partial charge is 0.468 e. The van der Waals surface area contributed by atoms with Crippen LogP contribution in [0.25, 0.3) is 0 Å². The van der Waals surface area contributed by atoms with Crippen LogP contribution in [0.15, 0.2) is 24.3 Å². The van der Waals surface area contributed by atoms with Gasteiger partial charge in [-0.05, 0) is 24.2 Å². The molecule has 0 amide bonds.